The van der Waals surface area contributed by atoms with Crippen molar-refractivity contribution in [3.63, 3.8) is 0 Å². The summed E-state index contributed by atoms with van der Waals surface area (Å²) in [6, 6.07) is 8.31. The Labute approximate surface area is 127 Å². The summed E-state index contributed by atoms with van der Waals surface area (Å²) in [7, 11) is 0. The van der Waals surface area contributed by atoms with E-state index < -0.39 is 0 Å². The van der Waals surface area contributed by atoms with Crippen molar-refractivity contribution in [2.75, 3.05) is 0 Å². The van der Waals surface area contributed by atoms with Crippen molar-refractivity contribution >= 4 is 17.6 Å². The molecule has 0 aliphatic carbocycles. The summed E-state index contributed by atoms with van der Waals surface area (Å²) >= 11 is 1.61. The Kier molecular flexibility index (Phi) is 3.47. The Hall–Kier alpha value is -2.20. The fourth-order valence-electron chi connectivity index (χ4n) is 2.48. The molecule has 0 saturated carbocycles. The number of aldehydes is 1. The average Bonchev–Trinajstić information content (AvgIpc) is 3.03. The van der Waals surface area contributed by atoms with Crippen LogP contribution in [0.25, 0.3) is 16.3 Å². The van der Waals surface area contributed by atoms with E-state index in [9.17, 15) is 4.79 Å². The van der Waals surface area contributed by atoms with Crippen LogP contribution >= 0.6 is 11.3 Å². The van der Waals surface area contributed by atoms with Gasteiger partial charge in [0.1, 0.15) is 5.69 Å². The number of nitrogens with zero attached hydrogens (tertiary/aromatic N) is 2. The van der Waals surface area contributed by atoms with Gasteiger partial charge in [0, 0.05) is 6.20 Å². The van der Waals surface area contributed by atoms with E-state index in [1.165, 1.54) is 11.1 Å². The maximum absolute atomic E-state index is 11.4. The zero-order valence-corrected chi connectivity index (χ0v) is 13.1. The summed E-state index contributed by atoms with van der Waals surface area (Å²) in [5.74, 6) is 0. The molecule has 0 amide bonds. The first-order valence-corrected chi connectivity index (χ1v) is 7.64. The molecule has 0 aliphatic heterocycles. The van der Waals surface area contributed by atoms with E-state index in [2.05, 4.69) is 37.1 Å². The molecule has 0 aliphatic rings. The highest BCUT2D eigenvalue weighted by Gasteiger charge is 2.14. The highest BCUT2D eigenvalue weighted by atomic mass is 32.1. The molecule has 4 heteroatoms. The average molecular weight is 296 g/mol. The van der Waals surface area contributed by atoms with Gasteiger partial charge in [-0.1, -0.05) is 6.07 Å². The van der Waals surface area contributed by atoms with Crippen LogP contribution in [0.1, 0.15) is 27.0 Å². The van der Waals surface area contributed by atoms with Crippen LogP contribution in [0.4, 0.5) is 0 Å². The molecular formula is C17H16N2OS. The van der Waals surface area contributed by atoms with Crippen molar-refractivity contribution in [2.45, 2.75) is 20.8 Å². The van der Waals surface area contributed by atoms with Gasteiger partial charge in [-0.25, -0.2) is 4.68 Å². The van der Waals surface area contributed by atoms with Gasteiger partial charge in [0.25, 0.3) is 0 Å². The minimum Gasteiger partial charge on any atom is -0.298 e. The molecule has 0 unspecified atom stereocenters. The molecule has 3 rings (SSSR count). The number of hydrogen-bond donors (Lipinski definition) is 0. The standard InChI is InChI=1S/C17H16N2OS/c1-11-6-12(2)8-15(7-11)19-9-14(10-20)16(18-19)17-13(3)4-5-21-17/h4-10H,1-3H3. The maximum Gasteiger partial charge on any atom is 0.153 e. The second kappa shape index (κ2) is 5.30. The van der Waals surface area contributed by atoms with Gasteiger partial charge in [-0.2, -0.15) is 5.10 Å². The zero-order chi connectivity index (χ0) is 15.0. The molecule has 0 bridgehead atoms. The van der Waals surface area contributed by atoms with Crippen LogP contribution < -0.4 is 0 Å². The van der Waals surface area contributed by atoms with Crippen LogP contribution in [0.3, 0.4) is 0 Å². The molecular weight excluding hydrogens is 280 g/mol. The number of benzene rings is 1. The van der Waals surface area contributed by atoms with Crippen LogP contribution in [0, 0.1) is 20.8 Å². The molecule has 1 aromatic carbocycles. The van der Waals surface area contributed by atoms with E-state index in [4.69, 9.17) is 0 Å². The summed E-state index contributed by atoms with van der Waals surface area (Å²) in [5.41, 5.74) is 5.88. The highest BCUT2D eigenvalue weighted by molar-refractivity contribution is 7.13. The van der Waals surface area contributed by atoms with Gasteiger partial charge in [-0.3, -0.25) is 4.79 Å². The summed E-state index contributed by atoms with van der Waals surface area (Å²) in [5, 5.41) is 6.66. The van der Waals surface area contributed by atoms with Gasteiger partial charge in [-0.15, -0.1) is 11.3 Å². The minimum atomic E-state index is 0.625. The number of thiophene rings is 1. The second-order valence-electron chi connectivity index (χ2n) is 5.27. The topological polar surface area (TPSA) is 34.9 Å². The SMILES string of the molecule is Cc1cc(C)cc(-n2cc(C=O)c(-c3sccc3C)n2)c1. The molecule has 2 heterocycles. The number of aryl methyl sites for hydroxylation is 3. The molecule has 0 N–H and O–H groups in total. The molecule has 0 atom stereocenters. The summed E-state index contributed by atoms with van der Waals surface area (Å²) in [6.07, 6.45) is 2.68. The zero-order valence-electron chi connectivity index (χ0n) is 12.3. The second-order valence-corrected chi connectivity index (χ2v) is 6.19. The predicted octanol–water partition coefficient (Wildman–Crippen LogP) is 4.34. The van der Waals surface area contributed by atoms with Gasteiger partial charge >= 0.3 is 0 Å². The summed E-state index contributed by atoms with van der Waals surface area (Å²) in [4.78, 5) is 12.4. The summed E-state index contributed by atoms with van der Waals surface area (Å²) in [6.45, 7) is 6.16. The van der Waals surface area contributed by atoms with Crippen molar-refractivity contribution in [3.05, 3.63) is 58.1 Å². The van der Waals surface area contributed by atoms with Crippen LogP contribution in [0.2, 0.25) is 0 Å². The molecule has 0 saturated heterocycles. The number of rotatable bonds is 3. The normalized spacial score (nSPS) is 10.8. The predicted molar refractivity (Wildman–Crippen MR) is 86.5 cm³/mol. The van der Waals surface area contributed by atoms with Crippen LogP contribution in [-0.2, 0) is 0 Å². The molecule has 0 radical (unpaired) electrons. The van der Waals surface area contributed by atoms with E-state index in [1.807, 2.05) is 18.4 Å². The maximum atomic E-state index is 11.4. The fourth-order valence-corrected chi connectivity index (χ4v) is 3.41. The first kappa shape index (κ1) is 13.8. The van der Waals surface area contributed by atoms with Crippen LogP contribution in [0.15, 0.2) is 35.8 Å². The van der Waals surface area contributed by atoms with Gasteiger partial charge < -0.3 is 0 Å². The first-order valence-electron chi connectivity index (χ1n) is 6.76. The number of carbonyl (C=O) groups is 1. The molecule has 3 nitrogen and oxygen atoms in total. The van der Waals surface area contributed by atoms with Gasteiger partial charge in [-0.05, 0) is 61.0 Å². The minimum absolute atomic E-state index is 0.625. The Balaban J connectivity index is 2.16. The lowest BCUT2D eigenvalue weighted by molar-refractivity contribution is 0.112. The quantitative estimate of drug-likeness (QED) is 0.674. The van der Waals surface area contributed by atoms with E-state index in [0.717, 1.165) is 28.1 Å². The lowest BCUT2D eigenvalue weighted by Gasteiger charge is -2.04. The monoisotopic (exact) mass is 296 g/mol. The lowest BCUT2D eigenvalue weighted by atomic mass is 10.1. The van der Waals surface area contributed by atoms with E-state index in [1.54, 1.807) is 22.2 Å². The van der Waals surface area contributed by atoms with E-state index in [-0.39, 0.29) is 0 Å². The third kappa shape index (κ3) is 2.54. The van der Waals surface area contributed by atoms with E-state index in [0.29, 0.717) is 5.56 Å². The lowest BCUT2D eigenvalue weighted by Crippen LogP contribution is -1.96. The largest absolute Gasteiger partial charge is 0.298 e. The van der Waals surface area contributed by atoms with Crippen molar-refractivity contribution in [1.29, 1.82) is 0 Å². The summed E-state index contributed by atoms with van der Waals surface area (Å²) < 4.78 is 1.79. The van der Waals surface area contributed by atoms with Crippen molar-refractivity contribution < 1.29 is 4.79 Å². The van der Waals surface area contributed by atoms with E-state index >= 15 is 0 Å². The molecule has 3 aromatic rings. The van der Waals surface area contributed by atoms with Gasteiger partial charge in [0.2, 0.25) is 0 Å². The smallest absolute Gasteiger partial charge is 0.153 e. The molecule has 21 heavy (non-hydrogen) atoms. The van der Waals surface area contributed by atoms with Gasteiger partial charge in [0.15, 0.2) is 6.29 Å². The molecule has 0 spiro atoms. The van der Waals surface area contributed by atoms with Gasteiger partial charge in [0.05, 0.1) is 16.1 Å². The first-order chi connectivity index (χ1) is 10.1. The Bertz CT molecular complexity index is 794. The van der Waals surface area contributed by atoms with Crippen LogP contribution in [-0.4, -0.2) is 16.1 Å². The Morgan fingerprint density at radius 3 is 2.43 bits per heavy atom. The number of carbonyl (C=O) groups excluding carboxylic acids is 1. The third-order valence-electron chi connectivity index (χ3n) is 3.42. The third-order valence-corrected chi connectivity index (χ3v) is 4.44. The Morgan fingerprint density at radius 2 is 1.86 bits per heavy atom. The van der Waals surface area contributed by atoms with Crippen molar-refractivity contribution in [1.82, 2.24) is 9.78 Å². The number of hydrogen-bond acceptors (Lipinski definition) is 3. The Morgan fingerprint density at radius 1 is 1.14 bits per heavy atom. The number of aromatic nitrogens is 2. The van der Waals surface area contributed by atoms with Crippen LogP contribution in [0.5, 0.6) is 0 Å². The van der Waals surface area contributed by atoms with Crippen molar-refractivity contribution in [2.24, 2.45) is 0 Å². The highest BCUT2D eigenvalue weighted by Crippen LogP contribution is 2.30. The molecule has 0 fully saturated rings. The molecule has 2 aromatic heterocycles. The fraction of sp³-hybridized carbons (Fsp3) is 0.176. The molecule has 106 valence electrons. The van der Waals surface area contributed by atoms with Crippen molar-refractivity contribution in [3.8, 4) is 16.3 Å².